The highest BCUT2D eigenvalue weighted by Gasteiger charge is 2.32. The summed E-state index contributed by atoms with van der Waals surface area (Å²) < 4.78 is 32.5. The molecule has 0 bridgehead atoms. The van der Waals surface area contributed by atoms with Crippen molar-refractivity contribution >= 4 is 10.0 Å². The Balaban J connectivity index is 1.49. The molecule has 0 saturated carbocycles. The van der Waals surface area contributed by atoms with Crippen LogP contribution in [0.15, 0.2) is 57.9 Å². The van der Waals surface area contributed by atoms with Crippen LogP contribution >= 0.6 is 0 Å². The highest BCUT2D eigenvalue weighted by Crippen LogP contribution is 2.28. The second-order valence-electron chi connectivity index (χ2n) is 7.25. The summed E-state index contributed by atoms with van der Waals surface area (Å²) in [6.07, 6.45) is 1.58. The molecule has 6 nitrogen and oxygen atoms in total. The SMILES string of the molecule is Cc1noc(C)c1-c1cccc(C[C@@H]2CCN(S(=O)(=O)c3ccccc3)C2)n1. The number of sulfonamides is 1. The molecule has 1 aliphatic rings. The quantitative estimate of drug-likeness (QED) is 0.657. The van der Waals surface area contributed by atoms with Crippen molar-refractivity contribution in [1.82, 2.24) is 14.4 Å². The van der Waals surface area contributed by atoms with Crippen molar-refractivity contribution in [1.29, 1.82) is 0 Å². The fourth-order valence-electron chi connectivity index (χ4n) is 3.80. The number of nitrogens with zero attached hydrogens (tertiary/aromatic N) is 3. The Morgan fingerprint density at radius 2 is 1.89 bits per heavy atom. The highest BCUT2D eigenvalue weighted by atomic mass is 32.2. The van der Waals surface area contributed by atoms with E-state index in [-0.39, 0.29) is 5.92 Å². The van der Waals surface area contributed by atoms with Crippen LogP contribution < -0.4 is 0 Å². The van der Waals surface area contributed by atoms with Gasteiger partial charge in [0.1, 0.15) is 5.76 Å². The maximum Gasteiger partial charge on any atom is 0.243 e. The summed E-state index contributed by atoms with van der Waals surface area (Å²) in [4.78, 5) is 5.13. The Kier molecular flexibility index (Phi) is 5.03. The van der Waals surface area contributed by atoms with E-state index in [0.29, 0.717) is 18.0 Å². The molecule has 1 fully saturated rings. The van der Waals surface area contributed by atoms with Gasteiger partial charge >= 0.3 is 0 Å². The zero-order valence-electron chi connectivity index (χ0n) is 16.0. The lowest BCUT2D eigenvalue weighted by molar-refractivity contribution is 0.393. The van der Waals surface area contributed by atoms with Crippen molar-refractivity contribution in [2.24, 2.45) is 5.92 Å². The molecule has 3 heterocycles. The van der Waals surface area contributed by atoms with E-state index in [1.54, 1.807) is 28.6 Å². The summed E-state index contributed by atoms with van der Waals surface area (Å²) in [5, 5.41) is 4.00. The van der Waals surface area contributed by atoms with Gasteiger partial charge in [0.15, 0.2) is 0 Å². The normalized spacial score (nSPS) is 17.9. The van der Waals surface area contributed by atoms with Crippen LogP contribution in [0.5, 0.6) is 0 Å². The fraction of sp³-hybridized carbons (Fsp3) is 0.333. The summed E-state index contributed by atoms with van der Waals surface area (Å²) in [5.41, 5.74) is 3.56. The van der Waals surface area contributed by atoms with E-state index in [9.17, 15) is 8.42 Å². The molecule has 3 aromatic rings. The highest BCUT2D eigenvalue weighted by molar-refractivity contribution is 7.89. The molecule has 0 amide bonds. The molecule has 0 unspecified atom stereocenters. The maximum absolute atomic E-state index is 12.8. The molecular formula is C21H23N3O3S. The molecule has 0 radical (unpaired) electrons. The van der Waals surface area contributed by atoms with Crippen molar-refractivity contribution in [3.63, 3.8) is 0 Å². The van der Waals surface area contributed by atoms with Crippen molar-refractivity contribution < 1.29 is 12.9 Å². The predicted octanol–water partition coefficient (Wildman–Crippen LogP) is 3.61. The first-order chi connectivity index (χ1) is 13.4. The Bertz CT molecular complexity index is 1060. The first-order valence-corrected chi connectivity index (χ1v) is 10.8. The van der Waals surface area contributed by atoms with Crippen LogP contribution in [-0.2, 0) is 16.4 Å². The lowest BCUT2D eigenvalue weighted by Crippen LogP contribution is -2.29. The average Bonchev–Trinajstić information content (AvgIpc) is 3.29. The molecule has 1 aliphatic heterocycles. The fourth-order valence-corrected chi connectivity index (χ4v) is 5.35. The molecule has 0 aliphatic carbocycles. The Hall–Kier alpha value is -2.51. The van der Waals surface area contributed by atoms with Gasteiger partial charge in [0, 0.05) is 18.8 Å². The summed E-state index contributed by atoms with van der Waals surface area (Å²) in [6, 6.07) is 14.6. The minimum atomic E-state index is -3.43. The van der Waals surface area contributed by atoms with E-state index in [0.717, 1.165) is 41.2 Å². The second kappa shape index (κ2) is 7.48. The van der Waals surface area contributed by atoms with Gasteiger partial charge in [-0.15, -0.1) is 0 Å². The first-order valence-electron chi connectivity index (χ1n) is 9.39. The summed E-state index contributed by atoms with van der Waals surface area (Å²) in [7, 11) is -3.43. The largest absolute Gasteiger partial charge is 0.361 e. The van der Waals surface area contributed by atoms with Gasteiger partial charge in [-0.1, -0.05) is 29.4 Å². The number of hydrogen-bond donors (Lipinski definition) is 0. The molecule has 1 atom stereocenters. The van der Waals surface area contributed by atoms with E-state index >= 15 is 0 Å². The monoisotopic (exact) mass is 397 g/mol. The van der Waals surface area contributed by atoms with Crippen molar-refractivity contribution in [2.45, 2.75) is 31.6 Å². The number of pyridine rings is 1. The summed E-state index contributed by atoms with van der Waals surface area (Å²) in [6.45, 7) is 4.86. The predicted molar refractivity (Wildman–Crippen MR) is 106 cm³/mol. The molecule has 0 N–H and O–H groups in total. The minimum Gasteiger partial charge on any atom is -0.361 e. The van der Waals surface area contributed by atoms with Gasteiger partial charge in [-0.25, -0.2) is 8.42 Å². The molecule has 1 aromatic carbocycles. The summed E-state index contributed by atoms with van der Waals surface area (Å²) in [5.74, 6) is 1.01. The summed E-state index contributed by atoms with van der Waals surface area (Å²) >= 11 is 0. The standard InChI is InChI=1S/C21H23N3O3S/c1-15-21(16(2)27-23-15)20-10-6-7-18(22-20)13-17-11-12-24(14-17)28(25,26)19-8-4-3-5-9-19/h3-10,17H,11-14H2,1-2H3/t17-/m0/s1. The zero-order valence-corrected chi connectivity index (χ0v) is 16.8. The van der Waals surface area contributed by atoms with E-state index in [1.165, 1.54) is 0 Å². The van der Waals surface area contributed by atoms with Crippen LogP contribution in [0.4, 0.5) is 0 Å². The third kappa shape index (κ3) is 3.59. The van der Waals surface area contributed by atoms with Gasteiger partial charge < -0.3 is 4.52 Å². The van der Waals surface area contributed by atoms with Crippen LogP contribution in [0, 0.1) is 19.8 Å². The van der Waals surface area contributed by atoms with Crippen LogP contribution in [0.1, 0.15) is 23.6 Å². The van der Waals surface area contributed by atoms with Gasteiger partial charge in [-0.3, -0.25) is 4.98 Å². The molecule has 1 saturated heterocycles. The lowest BCUT2D eigenvalue weighted by atomic mass is 10.0. The molecule has 7 heteroatoms. The minimum absolute atomic E-state index is 0.255. The van der Waals surface area contributed by atoms with E-state index in [2.05, 4.69) is 5.16 Å². The number of rotatable bonds is 5. The Labute approximate surface area is 165 Å². The third-order valence-corrected chi connectivity index (χ3v) is 7.10. The van der Waals surface area contributed by atoms with Gasteiger partial charge in [-0.05, 0) is 56.9 Å². The van der Waals surface area contributed by atoms with Crippen molar-refractivity contribution in [3.05, 3.63) is 65.7 Å². The Morgan fingerprint density at radius 3 is 2.61 bits per heavy atom. The van der Waals surface area contributed by atoms with E-state index in [1.807, 2.05) is 38.1 Å². The number of hydrogen-bond acceptors (Lipinski definition) is 5. The molecule has 2 aromatic heterocycles. The van der Waals surface area contributed by atoms with E-state index < -0.39 is 10.0 Å². The van der Waals surface area contributed by atoms with E-state index in [4.69, 9.17) is 9.51 Å². The molecule has 28 heavy (non-hydrogen) atoms. The van der Waals surface area contributed by atoms with Gasteiger partial charge in [0.2, 0.25) is 10.0 Å². The number of aromatic nitrogens is 2. The molecule has 146 valence electrons. The average molecular weight is 398 g/mol. The molecule has 0 spiro atoms. The number of aryl methyl sites for hydroxylation is 2. The third-order valence-electron chi connectivity index (χ3n) is 5.22. The van der Waals surface area contributed by atoms with Crippen molar-refractivity contribution in [2.75, 3.05) is 13.1 Å². The molecule has 4 rings (SSSR count). The Morgan fingerprint density at radius 1 is 1.11 bits per heavy atom. The molecular weight excluding hydrogens is 374 g/mol. The topological polar surface area (TPSA) is 76.3 Å². The number of benzene rings is 1. The smallest absolute Gasteiger partial charge is 0.243 e. The van der Waals surface area contributed by atoms with Crippen LogP contribution in [0.2, 0.25) is 0 Å². The lowest BCUT2D eigenvalue weighted by Gasteiger charge is -2.16. The van der Waals surface area contributed by atoms with Crippen molar-refractivity contribution in [3.8, 4) is 11.3 Å². The van der Waals surface area contributed by atoms with Gasteiger partial charge in [0.05, 0.1) is 21.8 Å². The van der Waals surface area contributed by atoms with Crippen LogP contribution in [-0.4, -0.2) is 36.0 Å². The first kappa shape index (κ1) is 18.8. The van der Waals surface area contributed by atoms with Gasteiger partial charge in [0.25, 0.3) is 0 Å². The second-order valence-corrected chi connectivity index (χ2v) is 9.19. The van der Waals surface area contributed by atoms with Crippen LogP contribution in [0.3, 0.4) is 0 Å². The maximum atomic E-state index is 12.8. The zero-order chi connectivity index (χ0) is 19.7. The van der Waals surface area contributed by atoms with Crippen LogP contribution in [0.25, 0.3) is 11.3 Å². The van der Waals surface area contributed by atoms with Gasteiger partial charge in [-0.2, -0.15) is 4.31 Å².